The molecule has 1 saturated heterocycles. The minimum absolute atomic E-state index is 0. The molecule has 0 saturated carbocycles. The van der Waals surface area contributed by atoms with E-state index in [1.807, 2.05) is 37.3 Å². The van der Waals surface area contributed by atoms with Gasteiger partial charge < -0.3 is 14.6 Å². The van der Waals surface area contributed by atoms with Crippen LogP contribution in [0.4, 0.5) is 0 Å². The summed E-state index contributed by atoms with van der Waals surface area (Å²) in [4.78, 5) is 2.25. The van der Waals surface area contributed by atoms with Crippen molar-refractivity contribution in [3.63, 3.8) is 0 Å². The van der Waals surface area contributed by atoms with Gasteiger partial charge in [0, 0.05) is 23.6 Å². The molecule has 7 heteroatoms. The number of morpholine rings is 1. The van der Waals surface area contributed by atoms with Crippen LogP contribution in [-0.4, -0.2) is 48.5 Å². The van der Waals surface area contributed by atoms with Crippen molar-refractivity contribution in [3.05, 3.63) is 63.1 Å². The molecule has 0 aromatic heterocycles. The number of aliphatic hydroxyl groups is 1. The number of benzene rings is 2. The largest absolute Gasteiger partial charge is 0.489 e. The van der Waals surface area contributed by atoms with Crippen LogP contribution in [0.3, 0.4) is 0 Å². The van der Waals surface area contributed by atoms with Gasteiger partial charge in [0.1, 0.15) is 18.5 Å². The second-order valence-corrected chi connectivity index (χ2v) is 8.30. The number of hydrogen-bond acceptors (Lipinski definition) is 4. The molecule has 0 radical (unpaired) electrons. The minimum atomic E-state index is -0.603. The van der Waals surface area contributed by atoms with Crippen LogP contribution in [0, 0.1) is 6.92 Å². The Hall–Kier alpha value is -0.820. The lowest BCUT2D eigenvalue weighted by atomic mass is 10.0. The second kappa shape index (κ2) is 10.8. The number of ether oxygens (including phenoxy) is 2. The number of rotatable bonds is 6. The van der Waals surface area contributed by atoms with Crippen LogP contribution in [0.25, 0.3) is 0 Å². The van der Waals surface area contributed by atoms with E-state index in [9.17, 15) is 5.11 Å². The summed E-state index contributed by atoms with van der Waals surface area (Å²) in [6.45, 7) is 6.28. The summed E-state index contributed by atoms with van der Waals surface area (Å²) in [5, 5.41) is 11.0. The van der Waals surface area contributed by atoms with Gasteiger partial charge in [0.05, 0.1) is 17.7 Å². The van der Waals surface area contributed by atoms with Gasteiger partial charge in [-0.1, -0.05) is 45.7 Å². The average Bonchev–Trinajstić information content (AvgIpc) is 2.64. The predicted molar refractivity (Wildman–Crippen MR) is 119 cm³/mol. The van der Waals surface area contributed by atoms with Crippen LogP contribution in [-0.2, 0) is 4.74 Å². The highest BCUT2D eigenvalue weighted by Crippen LogP contribution is 2.29. The fourth-order valence-corrected chi connectivity index (χ4v) is 3.90. The van der Waals surface area contributed by atoms with Gasteiger partial charge in [-0.15, -0.1) is 12.4 Å². The molecule has 1 aliphatic rings. The van der Waals surface area contributed by atoms with Gasteiger partial charge in [0.15, 0.2) is 0 Å². The Labute approximate surface area is 186 Å². The Morgan fingerprint density at radius 3 is 2.68 bits per heavy atom. The molecule has 0 amide bonds. The van der Waals surface area contributed by atoms with E-state index in [2.05, 4.69) is 39.9 Å². The zero-order chi connectivity index (χ0) is 19.4. The topological polar surface area (TPSA) is 41.9 Å². The highest BCUT2D eigenvalue weighted by atomic mass is 79.9. The first-order chi connectivity index (χ1) is 12.9. The van der Waals surface area contributed by atoms with Crippen LogP contribution in [0.5, 0.6) is 5.75 Å². The van der Waals surface area contributed by atoms with E-state index in [-0.39, 0.29) is 31.2 Å². The molecule has 1 heterocycles. The zero-order valence-corrected chi connectivity index (χ0v) is 19.1. The molecule has 0 spiro atoms. The van der Waals surface area contributed by atoms with Crippen LogP contribution < -0.4 is 4.74 Å². The molecule has 1 N–H and O–H groups in total. The number of aryl methyl sites for hydroxylation is 1. The van der Waals surface area contributed by atoms with Crippen LogP contribution in [0.2, 0.25) is 5.02 Å². The van der Waals surface area contributed by atoms with E-state index in [4.69, 9.17) is 21.1 Å². The second-order valence-electron chi connectivity index (χ2n) is 6.98. The number of hydrogen-bond donors (Lipinski definition) is 1. The molecular formula is C21H26BrCl2NO3. The van der Waals surface area contributed by atoms with Crippen molar-refractivity contribution in [1.29, 1.82) is 0 Å². The van der Waals surface area contributed by atoms with E-state index >= 15 is 0 Å². The first-order valence-electron chi connectivity index (χ1n) is 9.12. The van der Waals surface area contributed by atoms with Crippen molar-refractivity contribution in [2.75, 3.05) is 26.3 Å². The Balaban J connectivity index is 0.00000280. The summed E-state index contributed by atoms with van der Waals surface area (Å²) >= 11 is 9.66. The van der Waals surface area contributed by atoms with E-state index in [1.54, 1.807) is 0 Å². The van der Waals surface area contributed by atoms with Crippen molar-refractivity contribution in [1.82, 2.24) is 4.90 Å². The van der Waals surface area contributed by atoms with E-state index in [0.717, 1.165) is 22.1 Å². The van der Waals surface area contributed by atoms with Crippen LogP contribution in [0.1, 0.15) is 24.2 Å². The Morgan fingerprint density at radius 2 is 2.00 bits per heavy atom. The Bertz CT molecular complexity index is 760. The Kier molecular flexibility index (Phi) is 9.06. The maximum atomic E-state index is 10.5. The number of aliphatic hydroxyl groups excluding tert-OH is 1. The minimum Gasteiger partial charge on any atom is -0.489 e. The molecule has 4 nitrogen and oxygen atoms in total. The molecule has 1 aliphatic heterocycles. The van der Waals surface area contributed by atoms with Crippen molar-refractivity contribution in [2.45, 2.75) is 32.1 Å². The van der Waals surface area contributed by atoms with Crippen LogP contribution in [0.15, 0.2) is 46.9 Å². The third-order valence-corrected chi connectivity index (χ3v) is 5.68. The molecule has 3 unspecified atom stereocenters. The van der Waals surface area contributed by atoms with Gasteiger partial charge in [-0.3, -0.25) is 4.90 Å². The molecule has 3 rings (SSSR count). The summed E-state index contributed by atoms with van der Waals surface area (Å²) < 4.78 is 12.8. The molecule has 2 aromatic carbocycles. The summed E-state index contributed by atoms with van der Waals surface area (Å²) in [6, 6.07) is 14.0. The highest BCUT2D eigenvalue weighted by Gasteiger charge is 2.31. The molecule has 0 aliphatic carbocycles. The van der Waals surface area contributed by atoms with Crippen molar-refractivity contribution >= 4 is 39.9 Å². The molecule has 1 fully saturated rings. The molecule has 0 bridgehead atoms. The summed E-state index contributed by atoms with van der Waals surface area (Å²) in [7, 11) is 0. The van der Waals surface area contributed by atoms with Crippen molar-refractivity contribution in [2.24, 2.45) is 0 Å². The molecule has 154 valence electrons. The van der Waals surface area contributed by atoms with Crippen LogP contribution >= 0.6 is 39.9 Å². The average molecular weight is 491 g/mol. The third kappa shape index (κ3) is 6.09. The smallest absolute Gasteiger partial charge is 0.138 e. The molecule has 28 heavy (non-hydrogen) atoms. The number of β-amino-alcohol motifs (C(OH)–C–C–N with tert-alkyl or cyclic N) is 1. The standard InChI is InChI=1S/C21H25BrClNO3.ClH/c1-14-3-8-20(19(23)11-14)27-13-18(25)12-24-9-10-26-21(15(24)2)16-4-6-17(22)7-5-16;/h3-8,11,15,18,21,25H,9-10,12-13H2,1-2H3;1H. The van der Waals surface area contributed by atoms with Gasteiger partial charge >= 0.3 is 0 Å². The lowest BCUT2D eigenvalue weighted by Crippen LogP contribution is -2.49. The quantitative estimate of drug-likeness (QED) is 0.616. The van der Waals surface area contributed by atoms with Gasteiger partial charge in [-0.2, -0.15) is 0 Å². The zero-order valence-electron chi connectivity index (χ0n) is 16.0. The van der Waals surface area contributed by atoms with Crippen molar-refractivity contribution in [3.8, 4) is 5.75 Å². The first-order valence-corrected chi connectivity index (χ1v) is 10.3. The molecule has 3 atom stereocenters. The van der Waals surface area contributed by atoms with Gasteiger partial charge in [0.2, 0.25) is 0 Å². The summed E-state index contributed by atoms with van der Waals surface area (Å²) in [5.74, 6) is 0.601. The first kappa shape index (κ1) is 23.5. The fraction of sp³-hybridized carbons (Fsp3) is 0.429. The number of nitrogens with zero attached hydrogens (tertiary/aromatic N) is 1. The normalized spacial score (nSPS) is 21.0. The maximum absolute atomic E-state index is 10.5. The Morgan fingerprint density at radius 1 is 1.29 bits per heavy atom. The van der Waals surface area contributed by atoms with E-state index < -0.39 is 6.10 Å². The number of halogens is 3. The third-order valence-electron chi connectivity index (χ3n) is 4.85. The SMILES string of the molecule is Cc1ccc(OCC(O)CN2CCOC(c3ccc(Br)cc3)C2C)c(Cl)c1.Cl. The van der Waals surface area contributed by atoms with Gasteiger partial charge in [-0.05, 0) is 49.2 Å². The van der Waals surface area contributed by atoms with Gasteiger partial charge in [-0.25, -0.2) is 0 Å². The maximum Gasteiger partial charge on any atom is 0.138 e. The lowest BCUT2D eigenvalue weighted by molar-refractivity contribution is -0.0804. The lowest BCUT2D eigenvalue weighted by Gasteiger charge is -2.40. The summed E-state index contributed by atoms with van der Waals surface area (Å²) in [5.41, 5.74) is 2.22. The molecule has 2 aromatic rings. The molecular weight excluding hydrogens is 465 g/mol. The predicted octanol–water partition coefficient (Wildman–Crippen LogP) is 5.03. The highest BCUT2D eigenvalue weighted by molar-refractivity contribution is 9.10. The van der Waals surface area contributed by atoms with Gasteiger partial charge in [0.25, 0.3) is 0 Å². The summed E-state index contributed by atoms with van der Waals surface area (Å²) in [6.07, 6.45) is -0.611. The van der Waals surface area contributed by atoms with Crippen molar-refractivity contribution < 1.29 is 14.6 Å². The monoisotopic (exact) mass is 489 g/mol. The fourth-order valence-electron chi connectivity index (χ4n) is 3.35. The van der Waals surface area contributed by atoms with E-state index in [0.29, 0.717) is 23.9 Å². The van der Waals surface area contributed by atoms with E-state index in [1.165, 1.54) is 0 Å².